The van der Waals surface area contributed by atoms with E-state index in [0.717, 1.165) is 16.7 Å². The molecule has 0 aliphatic heterocycles. The molecule has 122 valence electrons. The molecule has 24 heavy (non-hydrogen) atoms. The number of hydrogen-bond acceptors (Lipinski definition) is 3. The van der Waals surface area contributed by atoms with Crippen LogP contribution in [0.2, 0.25) is 0 Å². The average molecular weight is 317 g/mol. The third-order valence-electron chi connectivity index (χ3n) is 3.50. The second-order valence-corrected chi connectivity index (χ2v) is 5.16. The Morgan fingerprint density at radius 2 is 1.21 bits per heavy atom. The average Bonchev–Trinajstić information content (AvgIpc) is 2.64. The van der Waals surface area contributed by atoms with Gasteiger partial charge in [0.25, 0.3) is 0 Å². The minimum absolute atomic E-state index is 0.684. The van der Waals surface area contributed by atoms with Gasteiger partial charge < -0.3 is 0 Å². The fourth-order valence-electron chi connectivity index (χ4n) is 2.31. The Labute approximate surface area is 144 Å². The van der Waals surface area contributed by atoms with Crippen molar-refractivity contribution in [2.45, 2.75) is 27.7 Å². The van der Waals surface area contributed by atoms with E-state index in [1.165, 1.54) is 0 Å². The highest BCUT2D eigenvalue weighted by Crippen LogP contribution is 2.21. The van der Waals surface area contributed by atoms with Crippen molar-refractivity contribution in [2.75, 3.05) is 0 Å². The van der Waals surface area contributed by atoms with Gasteiger partial charge in [0, 0.05) is 16.7 Å². The summed E-state index contributed by atoms with van der Waals surface area (Å²) in [6.45, 7) is 7.95. The zero-order valence-corrected chi connectivity index (χ0v) is 14.7. The fourth-order valence-corrected chi connectivity index (χ4v) is 2.31. The van der Waals surface area contributed by atoms with Crippen LogP contribution in [0.5, 0.6) is 0 Å². The maximum atomic E-state index is 4.68. The zero-order chi connectivity index (χ0) is 17.4. The van der Waals surface area contributed by atoms with Crippen molar-refractivity contribution in [3.63, 3.8) is 0 Å². The second kappa shape index (κ2) is 8.73. The van der Waals surface area contributed by atoms with Crippen molar-refractivity contribution in [3.8, 4) is 11.4 Å². The van der Waals surface area contributed by atoms with Crippen LogP contribution in [0.15, 0.2) is 66.8 Å². The Morgan fingerprint density at radius 1 is 0.708 bits per heavy atom. The van der Waals surface area contributed by atoms with Crippen LogP contribution in [-0.2, 0) is 0 Å². The van der Waals surface area contributed by atoms with Crippen LogP contribution in [-0.4, -0.2) is 15.0 Å². The van der Waals surface area contributed by atoms with Gasteiger partial charge in [0.15, 0.2) is 17.5 Å². The van der Waals surface area contributed by atoms with E-state index in [1.807, 2.05) is 94.5 Å². The predicted octanol–water partition coefficient (Wildman–Crippen LogP) is 5.50. The molecule has 1 heterocycles. The topological polar surface area (TPSA) is 38.7 Å². The van der Waals surface area contributed by atoms with Gasteiger partial charge in [0.2, 0.25) is 0 Å². The molecule has 0 atom stereocenters. The van der Waals surface area contributed by atoms with Gasteiger partial charge in [-0.25, -0.2) is 15.0 Å². The number of rotatable bonds is 5. The van der Waals surface area contributed by atoms with Crippen LogP contribution in [0.25, 0.3) is 22.5 Å². The third kappa shape index (κ3) is 4.13. The molecule has 0 radical (unpaired) electrons. The van der Waals surface area contributed by atoms with Crippen LogP contribution in [0, 0.1) is 0 Å². The van der Waals surface area contributed by atoms with Gasteiger partial charge in [0.1, 0.15) is 0 Å². The smallest absolute Gasteiger partial charge is 0.164 e. The number of nitrogens with zero attached hydrogens (tertiary/aromatic N) is 3. The maximum Gasteiger partial charge on any atom is 0.164 e. The van der Waals surface area contributed by atoms with E-state index in [-0.39, 0.29) is 0 Å². The van der Waals surface area contributed by atoms with Gasteiger partial charge >= 0.3 is 0 Å². The molecule has 3 nitrogen and oxygen atoms in total. The van der Waals surface area contributed by atoms with E-state index in [2.05, 4.69) is 15.0 Å². The quantitative estimate of drug-likeness (QED) is 0.684. The first-order valence-electron chi connectivity index (χ1n) is 8.13. The Kier molecular flexibility index (Phi) is 6.38. The Hall–Kier alpha value is -2.81. The van der Waals surface area contributed by atoms with Gasteiger partial charge in [-0.15, -0.1) is 0 Å². The molecule has 0 amide bonds. The second-order valence-electron chi connectivity index (χ2n) is 5.16. The van der Waals surface area contributed by atoms with Crippen molar-refractivity contribution >= 4 is 11.1 Å². The predicted molar refractivity (Wildman–Crippen MR) is 102 cm³/mol. The van der Waals surface area contributed by atoms with Gasteiger partial charge in [-0.2, -0.15) is 0 Å². The highest BCUT2D eigenvalue weighted by Gasteiger charge is 2.12. The minimum atomic E-state index is 0.684. The van der Waals surface area contributed by atoms with Gasteiger partial charge in [0.05, 0.1) is 0 Å². The lowest BCUT2D eigenvalue weighted by molar-refractivity contribution is 1.00. The molecule has 1 aromatic heterocycles. The summed E-state index contributed by atoms with van der Waals surface area (Å²) in [6, 6.07) is 9.99. The van der Waals surface area contributed by atoms with Crippen LogP contribution in [0.1, 0.15) is 39.3 Å². The van der Waals surface area contributed by atoms with E-state index in [9.17, 15) is 0 Å². The summed E-state index contributed by atoms with van der Waals surface area (Å²) in [7, 11) is 0. The Bertz CT molecular complexity index is 751. The number of benzene rings is 1. The number of aromatic nitrogens is 3. The van der Waals surface area contributed by atoms with Crippen LogP contribution in [0.4, 0.5) is 0 Å². The van der Waals surface area contributed by atoms with Crippen LogP contribution in [0.3, 0.4) is 0 Å². The lowest BCUT2D eigenvalue weighted by Gasteiger charge is -2.09. The van der Waals surface area contributed by atoms with Crippen molar-refractivity contribution in [3.05, 3.63) is 78.4 Å². The molecule has 0 bridgehead atoms. The highest BCUT2D eigenvalue weighted by molar-refractivity contribution is 5.74. The van der Waals surface area contributed by atoms with Crippen molar-refractivity contribution in [1.82, 2.24) is 15.0 Å². The first-order chi connectivity index (χ1) is 11.7. The fraction of sp³-hybridized carbons (Fsp3) is 0.190. The third-order valence-corrected chi connectivity index (χ3v) is 3.50. The van der Waals surface area contributed by atoms with Crippen molar-refractivity contribution in [2.24, 2.45) is 0 Å². The summed E-state index contributed by atoms with van der Waals surface area (Å²) in [5, 5.41) is 0. The number of allylic oxidation sites excluding steroid dienone is 8. The normalized spacial score (nSPS) is 13.2. The lowest BCUT2D eigenvalue weighted by atomic mass is 10.1. The molecule has 2 aromatic rings. The Morgan fingerprint density at radius 3 is 1.62 bits per heavy atom. The standard InChI is InChI=1S/C21H23N3/c1-5-12-16(7-3)19-22-20(17(8-4)13-6-2)24-21(23-19)18-14-10-9-11-15-18/h5-15H,1-4H3/b12-5-,13-6-,16-7+,17-8+. The van der Waals surface area contributed by atoms with E-state index in [0.29, 0.717) is 17.5 Å². The van der Waals surface area contributed by atoms with Gasteiger partial charge in [-0.1, -0.05) is 66.8 Å². The molecule has 1 aromatic carbocycles. The molecular weight excluding hydrogens is 294 g/mol. The summed E-state index contributed by atoms with van der Waals surface area (Å²) < 4.78 is 0. The highest BCUT2D eigenvalue weighted by atomic mass is 15.0. The molecule has 0 fully saturated rings. The molecular formula is C21H23N3. The SMILES string of the molecule is C/C=C\C(=C/C)c1nc(C(/C=C\C)=C/C)nc(-c2ccccc2)n1. The molecule has 0 aliphatic carbocycles. The number of hydrogen-bond donors (Lipinski definition) is 0. The molecule has 0 aliphatic rings. The minimum Gasteiger partial charge on any atom is -0.208 e. The molecule has 0 unspecified atom stereocenters. The van der Waals surface area contributed by atoms with Crippen molar-refractivity contribution in [1.29, 1.82) is 0 Å². The zero-order valence-electron chi connectivity index (χ0n) is 14.7. The van der Waals surface area contributed by atoms with E-state index in [4.69, 9.17) is 0 Å². The monoisotopic (exact) mass is 317 g/mol. The molecule has 0 saturated heterocycles. The van der Waals surface area contributed by atoms with E-state index < -0.39 is 0 Å². The summed E-state index contributed by atoms with van der Waals surface area (Å²) in [5.41, 5.74) is 2.94. The largest absolute Gasteiger partial charge is 0.208 e. The van der Waals surface area contributed by atoms with Gasteiger partial charge in [-0.05, 0) is 27.7 Å². The summed E-state index contributed by atoms with van der Waals surface area (Å²) in [6.07, 6.45) is 12.0. The molecule has 0 N–H and O–H groups in total. The Balaban J connectivity index is 2.68. The van der Waals surface area contributed by atoms with E-state index >= 15 is 0 Å². The lowest BCUT2D eigenvalue weighted by Crippen LogP contribution is -2.04. The molecule has 0 saturated carbocycles. The summed E-state index contributed by atoms with van der Waals surface area (Å²) in [4.78, 5) is 14.0. The van der Waals surface area contributed by atoms with Crippen LogP contribution >= 0.6 is 0 Å². The van der Waals surface area contributed by atoms with Crippen LogP contribution < -0.4 is 0 Å². The summed E-state index contributed by atoms with van der Waals surface area (Å²) in [5.74, 6) is 2.05. The van der Waals surface area contributed by atoms with E-state index in [1.54, 1.807) is 0 Å². The first kappa shape index (κ1) is 17.5. The summed E-state index contributed by atoms with van der Waals surface area (Å²) >= 11 is 0. The molecule has 2 rings (SSSR count). The van der Waals surface area contributed by atoms with Gasteiger partial charge in [-0.3, -0.25) is 0 Å². The molecule has 0 spiro atoms. The maximum absolute atomic E-state index is 4.68. The van der Waals surface area contributed by atoms with Crippen molar-refractivity contribution < 1.29 is 0 Å². The first-order valence-corrected chi connectivity index (χ1v) is 8.13. The molecule has 3 heteroatoms.